The van der Waals surface area contributed by atoms with Crippen molar-refractivity contribution in [3.8, 4) is 0 Å². The van der Waals surface area contributed by atoms with Gasteiger partial charge in [0.2, 0.25) is 11.8 Å². The second-order valence-corrected chi connectivity index (χ2v) is 7.49. The van der Waals surface area contributed by atoms with Crippen LogP contribution in [0.15, 0.2) is 4.52 Å². The lowest BCUT2D eigenvalue weighted by Gasteiger charge is -2.18. The monoisotopic (exact) mass is 318 g/mol. The van der Waals surface area contributed by atoms with Crippen molar-refractivity contribution >= 4 is 5.91 Å². The number of carbonyl (C=O) groups is 1. The zero-order valence-corrected chi connectivity index (χ0v) is 13.6. The number of hydrogen-bond acceptors (Lipinski definition) is 5. The number of hydrogen-bond donors (Lipinski definition) is 1. The molecule has 2 N–H and O–H groups in total. The first kappa shape index (κ1) is 15.1. The van der Waals surface area contributed by atoms with E-state index in [2.05, 4.69) is 10.1 Å². The second kappa shape index (κ2) is 6.23. The molecular weight excluding hydrogens is 292 g/mol. The highest BCUT2D eigenvalue weighted by molar-refractivity contribution is 5.76. The Morgan fingerprint density at radius 3 is 2.83 bits per heavy atom. The summed E-state index contributed by atoms with van der Waals surface area (Å²) in [6, 6.07) is 0.280. The smallest absolute Gasteiger partial charge is 0.227 e. The van der Waals surface area contributed by atoms with Gasteiger partial charge >= 0.3 is 0 Å². The summed E-state index contributed by atoms with van der Waals surface area (Å²) >= 11 is 0. The number of carbonyl (C=O) groups excluding carboxylic acids is 1. The molecule has 1 aromatic heterocycles. The van der Waals surface area contributed by atoms with Crippen LogP contribution in [-0.4, -0.2) is 40.1 Å². The lowest BCUT2D eigenvalue weighted by Crippen LogP contribution is -2.33. The van der Waals surface area contributed by atoms with Crippen molar-refractivity contribution < 1.29 is 9.32 Å². The number of fused-ring (bicyclic) bond motifs is 1. The van der Waals surface area contributed by atoms with E-state index in [9.17, 15) is 4.79 Å². The van der Waals surface area contributed by atoms with Crippen molar-refractivity contribution in [2.24, 2.45) is 17.6 Å². The minimum absolute atomic E-state index is 0.201. The summed E-state index contributed by atoms with van der Waals surface area (Å²) in [5, 5.41) is 4.10. The first-order valence-corrected chi connectivity index (χ1v) is 9.06. The molecule has 2 heterocycles. The van der Waals surface area contributed by atoms with Gasteiger partial charge in [0.15, 0.2) is 5.82 Å². The van der Waals surface area contributed by atoms with E-state index in [0.717, 1.165) is 38.2 Å². The summed E-state index contributed by atoms with van der Waals surface area (Å²) in [6.07, 6.45) is 8.13. The molecule has 3 fully saturated rings. The molecule has 3 atom stereocenters. The Labute approximate surface area is 136 Å². The highest BCUT2D eigenvalue weighted by Crippen LogP contribution is 2.37. The van der Waals surface area contributed by atoms with Gasteiger partial charge in [-0.2, -0.15) is 4.98 Å². The Kier molecular flexibility index (Phi) is 4.09. The van der Waals surface area contributed by atoms with Crippen LogP contribution in [-0.2, 0) is 11.2 Å². The van der Waals surface area contributed by atoms with Gasteiger partial charge in [0.05, 0.1) is 0 Å². The topological polar surface area (TPSA) is 85.2 Å². The highest BCUT2D eigenvalue weighted by atomic mass is 16.5. The molecule has 1 saturated heterocycles. The fourth-order valence-corrected chi connectivity index (χ4v) is 4.60. The molecule has 6 nitrogen and oxygen atoms in total. The van der Waals surface area contributed by atoms with Crippen LogP contribution in [0.1, 0.15) is 62.6 Å². The van der Waals surface area contributed by atoms with E-state index < -0.39 is 0 Å². The average Bonchev–Trinajstić information content (AvgIpc) is 3.31. The summed E-state index contributed by atoms with van der Waals surface area (Å²) in [7, 11) is 0. The van der Waals surface area contributed by atoms with Crippen LogP contribution in [0.4, 0.5) is 0 Å². The molecule has 2 aliphatic carbocycles. The predicted molar refractivity (Wildman–Crippen MR) is 84.6 cm³/mol. The maximum Gasteiger partial charge on any atom is 0.227 e. The van der Waals surface area contributed by atoms with Crippen molar-refractivity contribution in [2.45, 2.75) is 63.3 Å². The Morgan fingerprint density at radius 2 is 2.04 bits per heavy atom. The summed E-state index contributed by atoms with van der Waals surface area (Å²) in [5.41, 5.74) is 6.14. The normalized spacial score (nSPS) is 31.0. The second-order valence-electron chi connectivity index (χ2n) is 7.49. The molecule has 6 heteroatoms. The van der Waals surface area contributed by atoms with Gasteiger partial charge in [-0.3, -0.25) is 4.79 Å². The van der Waals surface area contributed by atoms with E-state index in [1.807, 2.05) is 4.90 Å². The van der Waals surface area contributed by atoms with Crippen LogP contribution in [0.25, 0.3) is 0 Å². The van der Waals surface area contributed by atoms with Crippen molar-refractivity contribution in [1.29, 1.82) is 0 Å². The fourth-order valence-electron chi connectivity index (χ4n) is 4.60. The van der Waals surface area contributed by atoms with Gasteiger partial charge in [0, 0.05) is 37.9 Å². The average molecular weight is 318 g/mol. The molecule has 23 heavy (non-hydrogen) atoms. The molecule has 1 amide bonds. The molecule has 0 bridgehead atoms. The number of rotatable bonds is 4. The number of aromatic nitrogens is 2. The molecule has 4 rings (SSSR count). The lowest BCUT2D eigenvalue weighted by atomic mass is 9.98. The molecule has 1 aliphatic heterocycles. The van der Waals surface area contributed by atoms with Crippen molar-refractivity contribution in [3.05, 3.63) is 11.7 Å². The van der Waals surface area contributed by atoms with Crippen LogP contribution >= 0.6 is 0 Å². The lowest BCUT2D eigenvalue weighted by molar-refractivity contribution is -0.130. The molecule has 3 unspecified atom stereocenters. The van der Waals surface area contributed by atoms with Crippen molar-refractivity contribution in [1.82, 2.24) is 15.0 Å². The molecule has 2 saturated carbocycles. The SMILES string of the molecule is NC1CCC2CN(C(=O)CCc3nc(C4CCCC4)no3)CC12. The van der Waals surface area contributed by atoms with Gasteiger partial charge < -0.3 is 15.2 Å². The van der Waals surface area contributed by atoms with Crippen LogP contribution in [0.5, 0.6) is 0 Å². The summed E-state index contributed by atoms with van der Waals surface area (Å²) < 4.78 is 5.33. The van der Waals surface area contributed by atoms with Gasteiger partial charge in [-0.05, 0) is 37.5 Å². The van der Waals surface area contributed by atoms with Gasteiger partial charge in [0.1, 0.15) is 0 Å². The first-order valence-electron chi connectivity index (χ1n) is 9.06. The quantitative estimate of drug-likeness (QED) is 0.916. The third kappa shape index (κ3) is 3.01. The van der Waals surface area contributed by atoms with Gasteiger partial charge in [-0.1, -0.05) is 18.0 Å². The summed E-state index contributed by atoms with van der Waals surface area (Å²) in [5.74, 6) is 3.24. The third-order valence-electron chi connectivity index (χ3n) is 6.02. The van der Waals surface area contributed by atoms with Gasteiger partial charge in [0.25, 0.3) is 0 Å². The summed E-state index contributed by atoms with van der Waals surface area (Å²) in [4.78, 5) is 18.9. The first-order chi connectivity index (χ1) is 11.2. The predicted octanol–water partition coefficient (Wildman–Crippen LogP) is 1.86. The zero-order valence-electron chi connectivity index (χ0n) is 13.6. The molecule has 0 aromatic carbocycles. The third-order valence-corrected chi connectivity index (χ3v) is 6.02. The number of amides is 1. The van der Waals surface area contributed by atoms with Gasteiger partial charge in [-0.25, -0.2) is 0 Å². The molecule has 3 aliphatic rings. The van der Waals surface area contributed by atoms with E-state index in [1.54, 1.807) is 0 Å². The van der Waals surface area contributed by atoms with Gasteiger partial charge in [-0.15, -0.1) is 0 Å². The molecule has 126 valence electrons. The minimum atomic E-state index is 0.201. The van der Waals surface area contributed by atoms with Crippen LogP contribution in [0, 0.1) is 11.8 Å². The zero-order chi connectivity index (χ0) is 15.8. The summed E-state index contributed by atoms with van der Waals surface area (Å²) in [6.45, 7) is 1.72. The van der Waals surface area contributed by atoms with E-state index in [0.29, 0.717) is 36.5 Å². The fraction of sp³-hybridized carbons (Fsp3) is 0.824. The molecular formula is C17H26N4O2. The largest absolute Gasteiger partial charge is 0.342 e. The molecule has 0 spiro atoms. The maximum absolute atomic E-state index is 12.4. The van der Waals surface area contributed by atoms with E-state index in [1.165, 1.54) is 19.3 Å². The van der Waals surface area contributed by atoms with Crippen LogP contribution in [0.2, 0.25) is 0 Å². The van der Waals surface area contributed by atoms with E-state index in [4.69, 9.17) is 10.3 Å². The number of nitrogens with zero attached hydrogens (tertiary/aromatic N) is 3. The standard InChI is InChI=1S/C17H26N4O2/c18-14-6-5-12-9-21(10-13(12)14)16(22)8-7-15-19-17(20-23-15)11-3-1-2-4-11/h11-14H,1-10,18H2. The van der Waals surface area contributed by atoms with Crippen molar-refractivity contribution in [2.75, 3.05) is 13.1 Å². The maximum atomic E-state index is 12.4. The van der Waals surface area contributed by atoms with Crippen molar-refractivity contribution in [3.63, 3.8) is 0 Å². The molecule has 0 radical (unpaired) electrons. The minimum Gasteiger partial charge on any atom is -0.342 e. The molecule has 1 aromatic rings. The Morgan fingerprint density at radius 1 is 1.22 bits per heavy atom. The van der Waals surface area contributed by atoms with Crippen LogP contribution in [0.3, 0.4) is 0 Å². The number of aryl methyl sites for hydroxylation is 1. The van der Waals surface area contributed by atoms with E-state index in [-0.39, 0.29) is 11.9 Å². The Hall–Kier alpha value is -1.43. The van der Waals surface area contributed by atoms with E-state index >= 15 is 0 Å². The Balaban J connectivity index is 1.28. The number of likely N-dealkylation sites (tertiary alicyclic amines) is 1. The van der Waals surface area contributed by atoms with Crippen LogP contribution < -0.4 is 5.73 Å². The Bertz CT molecular complexity index is 567. The highest BCUT2D eigenvalue weighted by Gasteiger charge is 2.42. The number of nitrogens with two attached hydrogens (primary N) is 1.